The number of carbonyl (C=O) groups excluding carboxylic acids is 1. The molecule has 122 valence electrons. The molecule has 0 aliphatic heterocycles. The normalized spacial score (nSPS) is 11.8. The minimum absolute atomic E-state index is 0.113. The summed E-state index contributed by atoms with van der Waals surface area (Å²) in [6.45, 7) is 9.49. The number of nitrogens with one attached hydrogen (secondary N) is 1. The van der Waals surface area contributed by atoms with Crippen LogP contribution in [0.3, 0.4) is 0 Å². The van der Waals surface area contributed by atoms with Crippen molar-refractivity contribution in [3.8, 4) is 0 Å². The van der Waals surface area contributed by atoms with Crippen molar-refractivity contribution in [2.45, 2.75) is 33.7 Å². The molecule has 1 unspecified atom stereocenters. The second kappa shape index (κ2) is 7.67. The molecule has 1 amide bonds. The minimum Gasteiger partial charge on any atom is -0.344 e. The van der Waals surface area contributed by atoms with Crippen molar-refractivity contribution < 1.29 is 4.79 Å². The first kappa shape index (κ1) is 16.9. The van der Waals surface area contributed by atoms with E-state index < -0.39 is 0 Å². The molecule has 1 N–H and O–H groups in total. The van der Waals surface area contributed by atoms with Gasteiger partial charge in [0, 0.05) is 31.2 Å². The lowest BCUT2D eigenvalue weighted by Crippen LogP contribution is -2.30. The van der Waals surface area contributed by atoms with E-state index in [-0.39, 0.29) is 11.9 Å². The lowest BCUT2D eigenvalue weighted by molar-refractivity contribution is 0.0934. The van der Waals surface area contributed by atoms with Crippen molar-refractivity contribution in [2.24, 2.45) is 0 Å². The van der Waals surface area contributed by atoms with Gasteiger partial charge in [-0.05, 0) is 51.5 Å². The molecule has 0 fully saturated rings. The molecule has 2 heterocycles. The molecule has 0 aromatic carbocycles. The molecule has 0 bridgehead atoms. The maximum atomic E-state index is 12.5. The molecule has 2 aromatic rings. The summed E-state index contributed by atoms with van der Waals surface area (Å²) < 4.78 is 0. The summed E-state index contributed by atoms with van der Waals surface area (Å²) in [5, 5.41) is 2.97. The van der Waals surface area contributed by atoms with Gasteiger partial charge in [0.2, 0.25) is 5.95 Å². The lowest BCUT2D eigenvalue weighted by atomic mass is 10.1. The van der Waals surface area contributed by atoms with Crippen LogP contribution in [0.5, 0.6) is 0 Å². The topological polar surface area (TPSA) is 71.0 Å². The number of amides is 1. The first-order valence-corrected chi connectivity index (χ1v) is 7.86. The molecule has 0 radical (unpaired) electrons. The summed E-state index contributed by atoms with van der Waals surface area (Å²) in [5.41, 5.74) is 2.17. The third-order valence-corrected chi connectivity index (χ3v) is 3.68. The summed E-state index contributed by atoms with van der Waals surface area (Å²) in [7, 11) is 0. The van der Waals surface area contributed by atoms with Gasteiger partial charge in [0.15, 0.2) is 0 Å². The predicted molar refractivity (Wildman–Crippen MR) is 90.4 cm³/mol. The number of hydrogen-bond donors (Lipinski definition) is 1. The number of nitrogens with zero attached hydrogens (tertiary/aromatic N) is 4. The van der Waals surface area contributed by atoms with E-state index in [4.69, 9.17) is 0 Å². The van der Waals surface area contributed by atoms with Gasteiger partial charge >= 0.3 is 0 Å². The lowest BCUT2D eigenvalue weighted by Gasteiger charge is -2.20. The van der Waals surface area contributed by atoms with E-state index in [0.29, 0.717) is 11.6 Å². The van der Waals surface area contributed by atoms with Crippen molar-refractivity contribution in [1.29, 1.82) is 0 Å². The van der Waals surface area contributed by atoms with Crippen molar-refractivity contribution in [1.82, 2.24) is 20.3 Å². The van der Waals surface area contributed by atoms with Crippen LogP contribution in [0, 0.1) is 6.92 Å². The number of aryl methyl sites for hydroxylation is 1. The van der Waals surface area contributed by atoms with Gasteiger partial charge in [-0.15, -0.1) is 0 Å². The van der Waals surface area contributed by atoms with Crippen molar-refractivity contribution in [3.05, 3.63) is 47.5 Å². The van der Waals surface area contributed by atoms with Gasteiger partial charge in [0.1, 0.15) is 5.69 Å². The van der Waals surface area contributed by atoms with Crippen LogP contribution in [-0.2, 0) is 0 Å². The van der Waals surface area contributed by atoms with E-state index in [0.717, 1.165) is 24.3 Å². The fourth-order valence-electron chi connectivity index (χ4n) is 2.32. The van der Waals surface area contributed by atoms with Gasteiger partial charge in [-0.1, -0.05) is 0 Å². The van der Waals surface area contributed by atoms with Crippen LogP contribution in [0.1, 0.15) is 48.6 Å². The Labute approximate surface area is 137 Å². The zero-order chi connectivity index (χ0) is 16.8. The van der Waals surface area contributed by atoms with Crippen LogP contribution < -0.4 is 10.2 Å². The molecule has 0 saturated carbocycles. The highest BCUT2D eigenvalue weighted by atomic mass is 16.1. The fraction of sp³-hybridized carbons (Fsp3) is 0.412. The second-order valence-electron chi connectivity index (χ2n) is 5.34. The molecular weight excluding hydrogens is 290 g/mol. The zero-order valence-corrected chi connectivity index (χ0v) is 14.1. The summed E-state index contributed by atoms with van der Waals surface area (Å²) in [4.78, 5) is 27.3. The Morgan fingerprint density at radius 2 is 1.87 bits per heavy atom. The van der Waals surface area contributed by atoms with Crippen LogP contribution >= 0.6 is 0 Å². The van der Waals surface area contributed by atoms with E-state index in [1.54, 1.807) is 18.5 Å². The Bertz CT molecular complexity index is 655. The molecule has 0 aliphatic carbocycles. The molecule has 2 aromatic heterocycles. The first-order valence-electron chi connectivity index (χ1n) is 7.86. The quantitative estimate of drug-likeness (QED) is 0.887. The van der Waals surface area contributed by atoms with Gasteiger partial charge in [0.25, 0.3) is 5.91 Å². The number of hydrogen-bond acceptors (Lipinski definition) is 5. The molecule has 0 saturated heterocycles. The van der Waals surface area contributed by atoms with Gasteiger partial charge in [-0.2, -0.15) is 0 Å². The Morgan fingerprint density at radius 3 is 2.48 bits per heavy atom. The molecule has 6 heteroatoms. The van der Waals surface area contributed by atoms with Crippen LogP contribution in [0.15, 0.2) is 30.6 Å². The van der Waals surface area contributed by atoms with E-state index in [2.05, 4.69) is 20.3 Å². The molecule has 6 nitrogen and oxygen atoms in total. The van der Waals surface area contributed by atoms with Crippen molar-refractivity contribution >= 4 is 11.9 Å². The summed E-state index contributed by atoms with van der Waals surface area (Å²) in [6.07, 6.45) is 3.43. The monoisotopic (exact) mass is 313 g/mol. The molecule has 1 atom stereocenters. The highest BCUT2D eigenvalue weighted by molar-refractivity contribution is 5.92. The van der Waals surface area contributed by atoms with Gasteiger partial charge in [-0.25, -0.2) is 9.97 Å². The van der Waals surface area contributed by atoms with Crippen molar-refractivity contribution in [3.63, 3.8) is 0 Å². The second-order valence-corrected chi connectivity index (χ2v) is 5.34. The Kier molecular flexibility index (Phi) is 5.62. The highest BCUT2D eigenvalue weighted by Crippen LogP contribution is 2.13. The number of rotatable bonds is 6. The van der Waals surface area contributed by atoms with Crippen LogP contribution in [0.2, 0.25) is 0 Å². The standard InChI is InChI=1S/C17H23N5O/c1-5-22(6-2)17-19-12(3)11-15(21-17)16(23)20-13(4)14-7-9-18-10-8-14/h7-11,13H,5-6H2,1-4H3,(H,20,23). The zero-order valence-electron chi connectivity index (χ0n) is 14.1. The Hall–Kier alpha value is -2.50. The fourth-order valence-corrected chi connectivity index (χ4v) is 2.32. The maximum absolute atomic E-state index is 12.5. The summed E-state index contributed by atoms with van der Waals surface area (Å²) in [5.74, 6) is 0.393. The Morgan fingerprint density at radius 1 is 1.22 bits per heavy atom. The van der Waals surface area contributed by atoms with Crippen molar-refractivity contribution in [2.75, 3.05) is 18.0 Å². The largest absolute Gasteiger partial charge is 0.344 e. The molecule has 23 heavy (non-hydrogen) atoms. The molecule has 2 rings (SSSR count). The molecule has 0 spiro atoms. The number of pyridine rings is 1. The minimum atomic E-state index is -0.201. The summed E-state index contributed by atoms with van der Waals surface area (Å²) >= 11 is 0. The average Bonchev–Trinajstić information content (AvgIpc) is 2.56. The van der Waals surface area contributed by atoms with Crippen LogP contribution in [-0.4, -0.2) is 33.9 Å². The van der Waals surface area contributed by atoms with Gasteiger partial charge in [0.05, 0.1) is 6.04 Å². The molecule has 0 aliphatic rings. The summed E-state index contributed by atoms with van der Waals surface area (Å²) in [6, 6.07) is 5.37. The highest BCUT2D eigenvalue weighted by Gasteiger charge is 2.16. The smallest absolute Gasteiger partial charge is 0.270 e. The third-order valence-electron chi connectivity index (χ3n) is 3.68. The van der Waals surface area contributed by atoms with Crippen LogP contribution in [0.25, 0.3) is 0 Å². The van der Waals surface area contributed by atoms with E-state index in [1.807, 2.05) is 44.7 Å². The first-order chi connectivity index (χ1) is 11.0. The van der Waals surface area contributed by atoms with Crippen LogP contribution in [0.4, 0.5) is 5.95 Å². The number of carbonyl (C=O) groups is 1. The van der Waals surface area contributed by atoms with E-state index in [1.165, 1.54) is 0 Å². The Balaban J connectivity index is 2.19. The SMILES string of the molecule is CCN(CC)c1nc(C)cc(C(=O)NC(C)c2ccncc2)n1. The van der Waals surface area contributed by atoms with E-state index >= 15 is 0 Å². The predicted octanol–water partition coefficient (Wildman–Crippen LogP) is 2.52. The molecular formula is C17H23N5O. The van der Waals surface area contributed by atoms with Gasteiger partial charge in [-0.3, -0.25) is 9.78 Å². The van der Waals surface area contributed by atoms with E-state index in [9.17, 15) is 4.79 Å². The number of anilines is 1. The number of aromatic nitrogens is 3. The third kappa shape index (κ3) is 4.25. The van der Waals surface area contributed by atoms with Gasteiger partial charge < -0.3 is 10.2 Å². The maximum Gasteiger partial charge on any atom is 0.270 e. The average molecular weight is 313 g/mol.